The molecule has 2 atom stereocenters. The van der Waals surface area contributed by atoms with Crippen molar-refractivity contribution >= 4 is 6.29 Å². The zero-order chi connectivity index (χ0) is 12.2. The summed E-state index contributed by atoms with van der Waals surface area (Å²) in [6.45, 7) is 8.14. The van der Waals surface area contributed by atoms with Gasteiger partial charge in [-0.25, -0.2) is 0 Å². The highest BCUT2D eigenvalue weighted by atomic mass is 16.1. The second kappa shape index (κ2) is 5.26. The first-order chi connectivity index (χ1) is 7.49. The van der Waals surface area contributed by atoms with Crippen LogP contribution in [-0.4, -0.2) is 11.8 Å². The normalized spacial score (nSPS) is 16.8. The smallest absolute Gasteiger partial charge is 0.140 e. The van der Waals surface area contributed by atoms with E-state index in [0.717, 1.165) is 6.29 Å². The summed E-state index contributed by atoms with van der Waals surface area (Å²) in [4.78, 5) is 11.2. The quantitative estimate of drug-likeness (QED) is 0.771. The first-order valence-corrected chi connectivity index (χ1v) is 5.78. The molecule has 0 aliphatic carbocycles. The topological polar surface area (TPSA) is 29.1 Å². The molecule has 2 unspecified atom stereocenters. The van der Waals surface area contributed by atoms with E-state index in [9.17, 15) is 4.79 Å². The Labute approximate surface area is 98.1 Å². The molecule has 0 radical (unpaired) electrons. The molecule has 1 rings (SSSR count). The molecule has 0 fully saturated rings. The average molecular weight is 219 g/mol. The summed E-state index contributed by atoms with van der Waals surface area (Å²) in [5, 5.41) is 3.39. The number of benzene rings is 1. The maximum Gasteiger partial charge on any atom is 0.140 e. The lowest BCUT2D eigenvalue weighted by molar-refractivity contribution is -0.114. The number of carbonyl (C=O) groups is 1. The van der Waals surface area contributed by atoms with Crippen molar-refractivity contribution in [3.05, 3.63) is 35.9 Å². The molecule has 0 bridgehead atoms. The first-order valence-electron chi connectivity index (χ1n) is 5.78. The lowest BCUT2D eigenvalue weighted by atomic mass is 9.88. The van der Waals surface area contributed by atoms with E-state index < -0.39 is 5.54 Å². The molecule has 1 N–H and O–H groups in total. The van der Waals surface area contributed by atoms with Crippen LogP contribution in [-0.2, 0) is 4.79 Å². The minimum Gasteiger partial charge on any atom is -0.301 e. The van der Waals surface area contributed by atoms with Gasteiger partial charge in [-0.1, -0.05) is 44.2 Å². The molecule has 0 amide bonds. The predicted molar refractivity (Wildman–Crippen MR) is 67.3 cm³/mol. The molecule has 0 aromatic heterocycles. The fourth-order valence-corrected chi connectivity index (χ4v) is 1.63. The van der Waals surface area contributed by atoms with Crippen molar-refractivity contribution in [2.75, 3.05) is 0 Å². The van der Waals surface area contributed by atoms with E-state index in [0.29, 0.717) is 0 Å². The molecular formula is C14H21NO. The Morgan fingerprint density at radius 1 is 1.19 bits per heavy atom. The van der Waals surface area contributed by atoms with Crippen LogP contribution >= 0.6 is 0 Å². The van der Waals surface area contributed by atoms with E-state index in [4.69, 9.17) is 0 Å². The minimum absolute atomic E-state index is 0.179. The summed E-state index contributed by atoms with van der Waals surface area (Å²) in [5.74, 6) is 0.274. The van der Waals surface area contributed by atoms with Gasteiger partial charge in [0.25, 0.3) is 0 Å². The van der Waals surface area contributed by atoms with Gasteiger partial charge in [0, 0.05) is 6.04 Å². The van der Waals surface area contributed by atoms with Gasteiger partial charge in [0.2, 0.25) is 0 Å². The van der Waals surface area contributed by atoms with Gasteiger partial charge in [0.05, 0.1) is 5.54 Å². The SMILES string of the molecule is CC(NC(C)(C=O)C(C)C)c1ccccc1. The van der Waals surface area contributed by atoms with Crippen LogP contribution < -0.4 is 5.32 Å². The van der Waals surface area contributed by atoms with Crippen molar-refractivity contribution in [2.24, 2.45) is 5.92 Å². The van der Waals surface area contributed by atoms with E-state index in [1.54, 1.807) is 0 Å². The lowest BCUT2D eigenvalue weighted by Gasteiger charge is -2.32. The van der Waals surface area contributed by atoms with E-state index in [-0.39, 0.29) is 12.0 Å². The summed E-state index contributed by atoms with van der Waals surface area (Å²) in [7, 11) is 0. The molecule has 0 heterocycles. The second-order valence-corrected chi connectivity index (χ2v) is 4.83. The number of nitrogens with one attached hydrogen (secondary N) is 1. The zero-order valence-corrected chi connectivity index (χ0v) is 10.5. The predicted octanol–water partition coefficient (Wildman–Crippen LogP) is 2.95. The van der Waals surface area contributed by atoms with Gasteiger partial charge in [-0.15, -0.1) is 0 Å². The molecule has 1 aromatic rings. The fraction of sp³-hybridized carbons (Fsp3) is 0.500. The van der Waals surface area contributed by atoms with Crippen LogP contribution in [0.1, 0.15) is 39.3 Å². The van der Waals surface area contributed by atoms with Gasteiger partial charge in [-0.2, -0.15) is 0 Å². The summed E-state index contributed by atoms with van der Waals surface area (Å²) in [6.07, 6.45) is 1.01. The van der Waals surface area contributed by atoms with Gasteiger partial charge in [-0.3, -0.25) is 5.32 Å². The standard InChI is InChI=1S/C14H21NO/c1-11(2)14(4,10-16)15-12(3)13-8-6-5-7-9-13/h5-12,15H,1-4H3. The Hall–Kier alpha value is -1.15. The van der Waals surface area contributed by atoms with Crippen molar-refractivity contribution < 1.29 is 4.79 Å². The van der Waals surface area contributed by atoms with Gasteiger partial charge in [0.1, 0.15) is 6.29 Å². The first kappa shape index (κ1) is 12.9. The van der Waals surface area contributed by atoms with Crippen LogP contribution in [0.3, 0.4) is 0 Å². The van der Waals surface area contributed by atoms with E-state index in [1.807, 2.05) is 25.1 Å². The summed E-state index contributed by atoms with van der Waals surface area (Å²) < 4.78 is 0. The molecule has 16 heavy (non-hydrogen) atoms. The largest absolute Gasteiger partial charge is 0.301 e. The third kappa shape index (κ3) is 2.92. The third-order valence-electron chi connectivity index (χ3n) is 3.27. The Morgan fingerprint density at radius 3 is 2.19 bits per heavy atom. The molecule has 0 saturated carbocycles. The highest BCUT2D eigenvalue weighted by Gasteiger charge is 2.29. The van der Waals surface area contributed by atoms with Gasteiger partial charge in [0.15, 0.2) is 0 Å². The van der Waals surface area contributed by atoms with E-state index in [1.165, 1.54) is 5.56 Å². The number of aldehydes is 1. The van der Waals surface area contributed by atoms with Gasteiger partial charge < -0.3 is 4.79 Å². The molecule has 0 aliphatic rings. The van der Waals surface area contributed by atoms with Crippen molar-refractivity contribution in [3.63, 3.8) is 0 Å². The van der Waals surface area contributed by atoms with Crippen molar-refractivity contribution in [2.45, 2.75) is 39.3 Å². The average Bonchev–Trinajstić information content (AvgIpc) is 2.29. The lowest BCUT2D eigenvalue weighted by Crippen LogP contribution is -2.49. The van der Waals surface area contributed by atoms with Crippen molar-refractivity contribution in [1.29, 1.82) is 0 Å². The Balaban J connectivity index is 2.77. The van der Waals surface area contributed by atoms with Gasteiger partial charge >= 0.3 is 0 Å². The van der Waals surface area contributed by atoms with Crippen LogP contribution in [0.15, 0.2) is 30.3 Å². The maximum atomic E-state index is 11.2. The molecule has 0 spiro atoms. The molecule has 2 heteroatoms. The summed E-state index contributed by atoms with van der Waals surface area (Å²) in [6, 6.07) is 10.4. The van der Waals surface area contributed by atoms with Crippen LogP contribution in [0.5, 0.6) is 0 Å². The molecule has 0 aliphatic heterocycles. The highest BCUT2D eigenvalue weighted by molar-refractivity contribution is 5.64. The third-order valence-corrected chi connectivity index (χ3v) is 3.27. The number of hydrogen-bond acceptors (Lipinski definition) is 2. The van der Waals surface area contributed by atoms with Crippen LogP contribution in [0.4, 0.5) is 0 Å². The summed E-state index contributed by atoms with van der Waals surface area (Å²) in [5.41, 5.74) is 0.742. The van der Waals surface area contributed by atoms with Gasteiger partial charge in [-0.05, 0) is 25.3 Å². The number of carbonyl (C=O) groups excluding carboxylic acids is 1. The highest BCUT2D eigenvalue weighted by Crippen LogP contribution is 2.20. The number of hydrogen-bond donors (Lipinski definition) is 1. The van der Waals surface area contributed by atoms with E-state index >= 15 is 0 Å². The number of rotatable bonds is 5. The van der Waals surface area contributed by atoms with E-state index in [2.05, 4.69) is 38.2 Å². The second-order valence-electron chi connectivity index (χ2n) is 4.83. The fourth-order valence-electron chi connectivity index (χ4n) is 1.63. The zero-order valence-electron chi connectivity index (χ0n) is 10.5. The van der Waals surface area contributed by atoms with Crippen molar-refractivity contribution in [3.8, 4) is 0 Å². The molecule has 1 aromatic carbocycles. The van der Waals surface area contributed by atoms with Crippen molar-refractivity contribution in [1.82, 2.24) is 5.32 Å². The Kier molecular flexibility index (Phi) is 4.25. The minimum atomic E-state index is -0.463. The Morgan fingerprint density at radius 2 is 1.75 bits per heavy atom. The monoisotopic (exact) mass is 219 g/mol. The Bertz CT molecular complexity index is 334. The van der Waals surface area contributed by atoms with Crippen LogP contribution in [0.2, 0.25) is 0 Å². The molecule has 88 valence electrons. The van der Waals surface area contributed by atoms with Crippen LogP contribution in [0.25, 0.3) is 0 Å². The molecule has 0 saturated heterocycles. The summed E-state index contributed by atoms with van der Waals surface area (Å²) >= 11 is 0. The molecular weight excluding hydrogens is 198 g/mol. The van der Waals surface area contributed by atoms with Crippen LogP contribution in [0, 0.1) is 5.92 Å². The maximum absolute atomic E-state index is 11.2. The molecule has 2 nitrogen and oxygen atoms in total.